The highest BCUT2D eigenvalue weighted by Crippen LogP contribution is 2.72. The first-order valence-electron chi connectivity index (χ1n) is 7.51. The lowest BCUT2D eigenvalue weighted by molar-refractivity contribution is -0.146. The molecule has 2 bridgehead atoms. The molecule has 1 spiro atoms. The second-order valence-electron chi connectivity index (χ2n) is 6.53. The Hall–Kier alpha value is -2.17. The summed E-state index contributed by atoms with van der Waals surface area (Å²) in [5, 5.41) is 12.1. The van der Waals surface area contributed by atoms with Crippen LogP contribution in [0.2, 0.25) is 0 Å². The predicted octanol–water partition coefficient (Wildman–Crippen LogP) is 2.68. The first-order chi connectivity index (χ1) is 10.5. The Morgan fingerprint density at radius 3 is 2.36 bits per heavy atom. The van der Waals surface area contributed by atoms with E-state index in [0.29, 0.717) is 0 Å². The van der Waals surface area contributed by atoms with Gasteiger partial charge in [0.25, 0.3) is 0 Å². The zero-order chi connectivity index (χ0) is 15.5. The molecule has 4 atom stereocenters. The van der Waals surface area contributed by atoms with Crippen LogP contribution in [0.25, 0.3) is 0 Å². The molecular formula is C17H16FNO3. The Labute approximate surface area is 127 Å². The third-order valence-corrected chi connectivity index (χ3v) is 5.56. The highest BCUT2D eigenvalue weighted by molar-refractivity contribution is 5.96. The Kier molecular flexibility index (Phi) is 2.71. The zero-order valence-electron chi connectivity index (χ0n) is 11.8. The van der Waals surface area contributed by atoms with Crippen molar-refractivity contribution < 1.29 is 19.1 Å². The van der Waals surface area contributed by atoms with Crippen molar-refractivity contribution in [3.8, 4) is 0 Å². The molecule has 4 rings (SSSR count). The average molecular weight is 301 g/mol. The van der Waals surface area contributed by atoms with Crippen molar-refractivity contribution in [3.05, 3.63) is 42.2 Å². The van der Waals surface area contributed by atoms with Gasteiger partial charge in [0.05, 0.1) is 17.5 Å². The topological polar surface area (TPSA) is 66.4 Å². The number of hydrogen-bond acceptors (Lipinski definition) is 2. The predicted molar refractivity (Wildman–Crippen MR) is 77.4 cm³/mol. The van der Waals surface area contributed by atoms with E-state index in [4.69, 9.17) is 0 Å². The largest absolute Gasteiger partial charge is 0.481 e. The number of carboxylic acid groups (broad SMARTS) is 1. The lowest BCUT2D eigenvalue weighted by Crippen LogP contribution is -2.36. The first kappa shape index (κ1) is 13.5. The zero-order valence-corrected chi connectivity index (χ0v) is 11.8. The van der Waals surface area contributed by atoms with Crippen LogP contribution in [0.4, 0.5) is 10.1 Å². The number of carbonyl (C=O) groups is 2. The smallest absolute Gasteiger partial charge is 0.307 e. The number of rotatable bonds is 3. The Balaban J connectivity index is 1.64. The van der Waals surface area contributed by atoms with Gasteiger partial charge in [-0.1, -0.05) is 24.3 Å². The molecule has 22 heavy (non-hydrogen) atoms. The van der Waals surface area contributed by atoms with Gasteiger partial charge in [0, 0.05) is 0 Å². The van der Waals surface area contributed by atoms with E-state index in [1.54, 1.807) is 12.1 Å². The first-order valence-corrected chi connectivity index (χ1v) is 7.51. The normalized spacial score (nSPS) is 33.1. The third kappa shape index (κ3) is 1.68. The van der Waals surface area contributed by atoms with Crippen molar-refractivity contribution in [3.63, 3.8) is 0 Å². The number of carbonyl (C=O) groups excluding carboxylic acids is 1. The van der Waals surface area contributed by atoms with Gasteiger partial charge in [-0.15, -0.1) is 0 Å². The van der Waals surface area contributed by atoms with Gasteiger partial charge in [-0.05, 0) is 42.2 Å². The summed E-state index contributed by atoms with van der Waals surface area (Å²) in [6, 6.07) is 5.94. The van der Waals surface area contributed by atoms with Gasteiger partial charge in [0.15, 0.2) is 0 Å². The number of aliphatic carboxylic acids is 1. The van der Waals surface area contributed by atoms with Gasteiger partial charge in [-0.3, -0.25) is 9.59 Å². The molecule has 0 aliphatic heterocycles. The molecule has 1 aromatic carbocycles. The molecule has 2 saturated carbocycles. The van der Waals surface area contributed by atoms with Crippen LogP contribution >= 0.6 is 0 Å². The van der Waals surface area contributed by atoms with Gasteiger partial charge in [0.2, 0.25) is 5.91 Å². The summed E-state index contributed by atoms with van der Waals surface area (Å²) in [5.74, 6) is -3.25. The van der Waals surface area contributed by atoms with Crippen molar-refractivity contribution in [2.45, 2.75) is 12.8 Å². The van der Waals surface area contributed by atoms with Crippen LogP contribution in [0.1, 0.15) is 12.8 Å². The van der Waals surface area contributed by atoms with E-state index in [-0.39, 0.29) is 28.8 Å². The molecule has 4 nitrogen and oxygen atoms in total. The number of amides is 1. The number of anilines is 1. The Morgan fingerprint density at radius 2 is 1.77 bits per heavy atom. The van der Waals surface area contributed by atoms with Crippen molar-refractivity contribution in [1.82, 2.24) is 0 Å². The SMILES string of the molecule is O=C(O)[C@@H]1[C@H](C(=O)Nc2ccccc2F)[C@H]2C=C[C@H]1C21CC1. The fraction of sp³-hybridized carbons (Fsp3) is 0.412. The number of nitrogens with one attached hydrogen (secondary N) is 1. The van der Waals surface area contributed by atoms with E-state index >= 15 is 0 Å². The molecule has 3 aliphatic carbocycles. The van der Waals surface area contributed by atoms with Crippen molar-refractivity contribution in [1.29, 1.82) is 0 Å². The van der Waals surface area contributed by atoms with Crippen molar-refractivity contribution in [2.24, 2.45) is 29.1 Å². The van der Waals surface area contributed by atoms with Crippen LogP contribution in [0.5, 0.6) is 0 Å². The van der Waals surface area contributed by atoms with Crippen LogP contribution in [0, 0.1) is 34.9 Å². The summed E-state index contributed by atoms with van der Waals surface area (Å²) in [6.07, 6.45) is 5.90. The molecule has 5 heteroatoms. The van der Waals surface area contributed by atoms with E-state index < -0.39 is 23.6 Å². The second kappa shape index (κ2) is 4.41. The third-order valence-electron chi connectivity index (χ3n) is 5.56. The highest BCUT2D eigenvalue weighted by Gasteiger charge is 2.70. The van der Waals surface area contributed by atoms with Crippen LogP contribution in [0.15, 0.2) is 36.4 Å². The summed E-state index contributed by atoms with van der Waals surface area (Å²) in [5.41, 5.74) is 0.0774. The van der Waals surface area contributed by atoms with E-state index in [1.165, 1.54) is 12.1 Å². The standard InChI is InChI=1S/C17H16FNO3/c18-11-3-1-2-4-12(11)19-15(20)13-9-5-6-10(14(13)16(21)22)17(9)7-8-17/h1-6,9-10,13-14H,7-8H2,(H,19,20)(H,21,22)/t9-,10-,13-,14+/m1/s1. The lowest BCUT2D eigenvalue weighted by atomic mass is 9.82. The van der Waals surface area contributed by atoms with E-state index in [2.05, 4.69) is 5.32 Å². The molecule has 2 N–H and O–H groups in total. The lowest BCUT2D eigenvalue weighted by Gasteiger charge is -2.23. The minimum Gasteiger partial charge on any atom is -0.481 e. The van der Waals surface area contributed by atoms with Gasteiger partial charge in [-0.2, -0.15) is 0 Å². The van der Waals surface area contributed by atoms with Crippen LogP contribution < -0.4 is 5.32 Å². The molecule has 114 valence electrons. The molecule has 0 radical (unpaired) electrons. The maximum absolute atomic E-state index is 13.7. The van der Waals surface area contributed by atoms with Gasteiger partial charge < -0.3 is 10.4 Å². The molecule has 3 aliphatic rings. The number of halogens is 1. The maximum atomic E-state index is 13.7. The summed E-state index contributed by atoms with van der Waals surface area (Å²) >= 11 is 0. The van der Waals surface area contributed by atoms with Crippen LogP contribution in [-0.2, 0) is 9.59 Å². The molecular weight excluding hydrogens is 285 g/mol. The van der Waals surface area contributed by atoms with Crippen molar-refractivity contribution >= 4 is 17.6 Å². The number of carboxylic acids is 1. The van der Waals surface area contributed by atoms with E-state index in [1.807, 2.05) is 12.2 Å². The maximum Gasteiger partial charge on any atom is 0.307 e. The molecule has 0 unspecified atom stereocenters. The van der Waals surface area contributed by atoms with E-state index in [9.17, 15) is 19.1 Å². The van der Waals surface area contributed by atoms with Gasteiger partial charge in [-0.25, -0.2) is 4.39 Å². The summed E-state index contributed by atoms with van der Waals surface area (Å²) < 4.78 is 13.7. The molecule has 1 aromatic rings. The summed E-state index contributed by atoms with van der Waals surface area (Å²) in [4.78, 5) is 24.3. The monoisotopic (exact) mass is 301 g/mol. The molecule has 1 amide bonds. The Morgan fingerprint density at radius 1 is 1.14 bits per heavy atom. The molecule has 0 aromatic heterocycles. The number of benzene rings is 1. The minimum absolute atomic E-state index is 0.0275. The van der Waals surface area contributed by atoms with E-state index in [0.717, 1.165) is 12.8 Å². The number of para-hydroxylation sites is 1. The van der Waals surface area contributed by atoms with Gasteiger partial charge in [0.1, 0.15) is 5.82 Å². The minimum atomic E-state index is -0.934. The number of hydrogen-bond donors (Lipinski definition) is 2. The number of allylic oxidation sites excluding steroid dienone is 2. The highest BCUT2D eigenvalue weighted by atomic mass is 19.1. The second-order valence-corrected chi connectivity index (χ2v) is 6.53. The average Bonchev–Trinajstić information content (AvgIpc) is 3.15. The Bertz CT molecular complexity index is 695. The summed E-state index contributed by atoms with van der Waals surface area (Å²) in [6.45, 7) is 0. The fourth-order valence-electron chi connectivity index (χ4n) is 4.47. The quantitative estimate of drug-likeness (QED) is 0.844. The summed E-state index contributed by atoms with van der Waals surface area (Å²) in [7, 11) is 0. The van der Waals surface area contributed by atoms with Crippen molar-refractivity contribution in [2.75, 3.05) is 5.32 Å². The fourth-order valence-corrected chi connectivity index (χ4v) is 4.47. The molecule has 2 fully saturated rings. The molecule has 0 saturated heterocycles. The van der Waals surface area contributed by atoms with Crippen LogP contribution in [0.3, 0.4) is 0 Å². The van der Waals surface area contributed by atoms with Gasteiger partial charge >= 0.3 is 5.97 Å². The molecule has 0 heterocycles. The van der Waals surface area contributed by atoms with Crippen LogP contribution in [-0.4, -0.2) is 17.0 Å².